The second kappa shape index (κ2) is 11.5. The molecule has 11 rings (SSSR count). The van der Waals surface area contributed by atoms with Crippen LogP contribution in [0.4, 0.5) is 0 Å². The Morgan fingerprint density at radius 2 is 1.06 bits per heavy atom. The van der Waals surface area contributed by atoms with Crippen LogP contribution >= 0.6 is 11.3 Å². The predicted molar refractivity (Wildman–Crippen MR) is 223 cm³/mol. The van der Waals surface area contributed by atoms with Gasteiger partial charge in [0.25, 0.3) is 0 Å². The van der Waals surface area contributed by atoms with Crippen molar-refractivity contribution in [3.8, 4) is 39.3 Å². The normalized spacial score (nSPS) is 11.8. The van der Waals surface area contributed by atoms with Gasteiger partial charge in [-0.15, -0.1) is 11.3 Å². The molecule has 0 unspecified atom stereocenters. The topological polar surface area (TPSA) is 17.8 Å². The Kier molecular flexibility index (Phi) is 6.46. The van der Waals surface area contributed by atoms with Gasteiger partial charge in [0.15, 0.2) is 0 Å². The maximum atomic E-state index is 5.39. The second-order valence-electron chi connectivity index (χ2n) is 13.5. The summed E-state index contributed by atoms with van der Waals surface area (Å²) >= 11 is 1.90. The Hall–Kier alpha value is -6.55. The molecule has 242 valence electrons. The van der Waals surface area contributed by atoms with Gasteiger partial charge in [0, 0.05) is 53.1 Å². The molecule has 0 aliphatic rings. The molecule has 0 N–H and O–H groups in total. The molecule has 3 heterocycles. The summed E-state index contributed by atoms with van der Waals surface area (Å²) in [5.74, 6) is 0. The fraction of sp³-hybridized carbons (Fsp3) is 0. The Bertz CT molecular complexity index is 3170. The quantitative estimate of drug-likeness (QED) is 0.181. The highest BCUT2D eigenvalue weighted by atomic mass is 32.1. The van der Waals surface area contributed by atoms with E-state index in [9.17, 15) is 0 Å². The molecular weight excluding hydrogens is 649 g/mol. The summed E-state index contributed by atoms with van der Waals surface area (Å²) in [5.41, 5.74) is 10.4. The molecule has 0 saturated heterocycles. The lowest BCUT2D eigenvalue weighted by atomic mass is 9.96. The van der Waals surface area contributed by atoms with Gasteiger partial charge in [0.1, 0.15) is 0 Å². The van der Waals surface area contributed by atoms with E-state index in [0.29, 0.717) is 0 Å². The van der Waals surface area contributed by atoms with Crippen LogP contribution in [-0.2, 0) is 0 Å². The van der Waals surface area contributed by atoms with Gasteiger partial charge in [-0.25, -0.2) is 4.98 Å². The van der Waals surface area contributed by atoms with Crippen molar-refractivity contribution in [3.05, 3.63) is 182 Å². The molecule has 0 fully saturated rings. The van der Waals surface area contributed by atoms with Crippen LogP contribution in [0.15, 0.2) is 182 Å². The maximum absolute atomic E-state index is 5.39. The largest absolute Gasteiger partial charge is 0.309 e. The van der Waals surface area contributed by atoms with E-state index in [2.05, 4.69) is 187 Å². The van der Waals surface area contributed by atoms with Gasteiger partial charge >= 0.3 is 0 Å². The molecule has 0 amide bonds. The summed E-state index contributed by atoms with van der Waals surface area (Å²) in [6.45, 7) is 0. The number of rotatable bonds is 4. The SMILES string of the molecule is c1ccc(-c2cc3ccccc3c(-c3cccc4c3sc3c4ccc4c3c3cc(-c5cccc6ccccc56)ccc3n4-c3ccccc3)n2)cc1. The molecule has 0 bridgehead atoms. The van der Waals surface area contributed by atoms with Gasteiger partial charge in [-0.1, -0.05) is 146 Å². The summed E-state index contributed by atoms with van der Waals surface area (Å²) in [7, 11) is 0. The lowest BCUT2D eigenvalue weighted by Crippen LogP contribution is -1.93. The van der Waals surface area contributed by atoms with Gasteiger partial charge in [-0.2, -0.15) is 0 Å². The third-order valence-electron chi connectivity index (χ3n) is 10.6. The van der Waals surface area contributed by atoms with Gasteiger partial charge in [0.05, 0.1) is 22.4 Å². The number of pyridine rings is 1. The average Bonchev–Trinajstić information content (AvgIpc) is 3.76. The lowest BCUT2D eigenvalue weighted by Gasteiger charge is -2.11. The van der Waals surface area contributed by atoms with Crippen molar-refractivity contribution in [2.24, 2.45) is 0 Å². The van der Waals surface area contributed by atoms with Crippen molar-refractivity contribution in [1.82, 2.24) is 9.55 Å². The van der Waals surface area contributed by atoms with Crippen molar-refractivity contribution < 1.29 is 0 Å². The lowest BCUT2D eigenvalue weighted by molar-refractivity contribution is 1.18. The molecule has 52 heavy (non-hydrogen) atoms. The van der Waals surface area contributed by atoms with E-state index in [1.54, 1.807) is 0 Å². The highest BCUT2D eigenvalue weighted by Gasteiger charge is 2.21. The van der Waals surface area contributed by atoms with Crippen LogP contribution < -0.4 is 0 Å². The van der Waals surface area contributed by atoms with Crippen molar-refractivity contribution >= 4 is 74.9 Å². The summed E-state index contributed by atoms with van der Waals surface area (Å²) in [5, 5.41) is 9.98. The third kappa shape index (κ3) is 4.40. The minimum absolute atomic E-state index is 0.988. The van der Waals surface area contributed by atoms with Crippen LogP contribution in [0, 0.1) is 0 Å². The van der Waals surface area contributed by atoms with E-state index in [-0.39, 0.29) is 0 Å². The summed E-state index contributed by atoms with van der Waals surface area (Å²) in [6, 6.07) is 65.9. The highest BCUT2D eigenvalue weighted by molar-refractivity contribution is 7.27. The van der Waals surface area contributed by atoms with Crippen molar-refractivity contribution in [2.45, 2.75) is 0 Å². The van der Waals surface area contributed by atoms with Crippen molar-refractivity contribution in [2.75, 3.05) is 0 Å². The van der Waals surface area contributed by atoms with E-state index in [0.717, 1.165) is 28.0 Å². The number of para-hydroxylation sites is 1. The molecule has 0 aliphatic heterocycles. The van der Waals surface area contributed by atoms with Gasteiger partial charge in [-0.3, -0.25) is 0 Å². The number of hydrogen-bond acceptors (Lipinski definition) is 2. The second-order valence-corrected chi connectivity index (χ2v) is 14.5. The number of fused-ring (bicyclic) bond motifs is 9. The fourth-order valence-electron chi connectivity index (χ4n) is 8.21. The molecule has 11 aromatic rings. The van der Waals surface area contributed by atoms with Gasteiger partial charge in [-0.05, 0) is 63.7 Å². The zero-order valence-electron chi connectivity index (χ0n) is 28.1. The first-order valence-electron chi connectivity index (χ1n) is 17.7. The highest BCUT2D eigenvalue weighted by Crippen LogP contribution is 2.47. The maximum Gasteiger partial charge on any atom is 0.0802 e. The first-order valence-corrected chi connectivity index (χ1v) is 18.5. The summed E-state index contributed by atoms with van der Waals surface area (Å²) in [6.07, 6.45) is 0. The van der Waals surface area contributed by atoms with Crippen LogP contribution in [0.1, 0.15) is 0 Å². The van der Waals surface area contributed by atoms with Crippen LogP contribution in [0.25, 0.3) is 103 Å². The number of thiophene rings is 1. The zero-order chi connectivity index (χ0) is 34.2. The zero-order valence-corrected chi connectivity index (χ0v) is 28.9. The average molecular weight is 679 g/mol. The number of aromatic nitrogens is 2. The van der Waals surface area contributed by atoms with Crippen LogP contribution in [0.2, 0.25) is 0 Å². The molecule has 3 aromatic heterocycles. The molecular formula is C49H30N2S. The molecule has 0 saturated carbocycles. The molecule has 3 heteroatoms. The van der Waals surface area contributed by atoms with Crippen molar-refractivity contribution in [3.63, 3.8) is 0 Å². The van der Waals surface area contributed by atoms with Crippen molar-refractivity contribution in [1.29, 1.82) is 0 Å². The first kappa shape index (κ1) is 29.2. The predicted octanol–water partition coefficient (Wildman–Crippen LogP) is 13.9. The molecule has 2 nitrogen and oxygen atoms in total. The molecule has 0 radical (unpaired) electrons. The Morgan fingerprint density at radius 1 is 0.404 bits per heavy atom. The van der Waals surface area contributed by atoms with Crippen LogP contribution in [0.5, 0.6) is 0 Å². The number of benzene rings is 8. The first-order chi connectivity index (χ1) is 25.8. The van der Waals surface area contributed by atoms with E-state index in [4.69, 9.17) is 4.98 Å². The molecule has 8 aromatic carbocycles. The molecule has 0 spiro atoms. The van der Waals surface area contributed by atoms with Gasteiger partial charge < -0.3 is 4.57 Å². The van der Waals surface area contributed by atoms with E-state index < -0.39 is 0 Å². The van der Waals surface area contributed by atoms with E-state index >= 15 is 0 Å². The summed E-state index contributed by atoms with van der Waals surface area (Å²) in [4.78, 5) is 5.39. The number of hydrogen-bond donors (Lipinski definition) is 0. The van der Waals surface area contributed by atoms with Crippen LogP contribution in [-0.4, -0.2) is 9.55 Å². The summed E-state index contributed by atoms with van der Waals surface area (Å²) < 4.78 is 5.00. The van der Waals surface area contributed by atoms with E-state index in [1.165, 1.54) is 74.8 Å². The molecule has 0 atom stereocenters. The standard InChI is InChI=1S/C49H30N2S/c1-3-14-32(15-4-1)43-30-33-16-8-10-21-38(33)47(50-43)41-24-12-23-39-40-26-28-45-46(49(40)52-48(39)41)42-29-34(37-22-11-17-31-13-7-9-20-36(31)37)25-27-44(42)51(45)35-18-5-2-6-19-35/h1-30H. The Labute approximate surface area is 304 Å². The molecule has 0 aliphatic carbocycles. The minimum Gasteiger partial charge on any atom is -0.309 e. The fourth-order valence-corrected chi connectivity index (χ4v) is 9.58. The van der Waals surface area contributed by atoms with Crippen LogP contribution in [0.3, 0.4) is 0 Å². The Morgan fingerprint density at radius 3 is 1.92 bits per heavy atom. The van der Waals surface area contributed by atoms with E-state index in [1.807, 2.05) is 11.3 Å². The smallest absolute Gasteiger partial charge is 0.0802 e. The Balaban J connectivity index is 1.23. The monoisotopic (exact) mass is 678 g/mol. The minimum atomic E-state index is 0.988. The number of nitrogens with zero attached hydrogens (tertiary/aromatic N) is 2. The third-order valence-corrected chi connectivity index (χ3v) is 11.8. The van der Waals surface area contributed by atoms with Gasteiger partial charge in [0.2, 0.25) is 0 Å².